The van der Waals surface area contributed by atoms with Crippen LogP contribution in [0.25, 0.3) is 11.1 Å². The maximum absolute atomic E-state index is 13.4. The predicted molar refractivity (Wildman–Crippen MR) is 207 cm³/mol. The number of epoxide rings is 1. The lowest BCUT2D eigenvalue weighted by atomic mass is 9.91. The first kappa shape index (κ1) is 45.1. The summed E-state index contributed by atoms with van der Waals surface area (Å²) >= 11 is 5.98. The molecule has 3 amide bonds. The first-order chi connectivity index (χ1) is 26.1. The molecule has 1 saturated heterocycles. The third kappa shape index (κ3) is 13.4. The molecule has 2 aromatic rings. The summed E-state index contributed by atoms with van der Waals surface area (Å²) in [5.74, 6) is -5.99. The van der Waals surface area contributed by atoms with E-state index in [0.717, 1.165) is 11.1 Å². The van der Waals surface area contributed by atoms with E-state index in [1.165, 1.54) is 20.9 Å². The Hall–Kier alpha value is -4.34. The molecule has 1 aliphatic rings. The zero-order valence-electron chi connectivity index (χ0n) is 31.8. The molecule has 55 heavy (non-hydrogen) atoms. The topological polar surface area (TPSA) is 240 Å². The maximum Gasteiger partial charge on any atom is 0.252 e. The molecule has 8 atom stereocenters. The van der Waals surface area contributed by atoms with Crippen LogP contribution in [0.3, 0.4) is 0 Å². The normalized spacial score (nSPS) is 18.1. The van der Waals surface area contributed by atoms with Crippen LogP contribution in [-0.2, 0) is 33.5 Å². The number of hydrogen-bond donors (Lipinski definition) is 6. The third-order valence-corrected chi connectivity index (χ3v) is 9.96. The molecule has 2 unspecified atom stereocenters. The highest BCUT2D eigenvalue weighted by atomic mass is 35.5. The third-order valence-electron chi connectivity index (χ3n) is 9.71. The average molecular weight is 784 g/mol. The summed E-state index contributed by atoms with van der Waals surface area (Å²) < 4.78 is 5.19. The van der Waals surface area contributed by atoms with Crippen LogP contribution in [0.5, 0.6) is 0 Å². The molecule has 3 rings (SSSR count). The van der Waals surface area contributed by atoms with Gasteiger partial charge >= 0.3 is 0 Å². The summed E-state index contributed by atoms with van der Waals surface area (Å²) in [6.45, 7) is 4.84. The Balaban J connectivity index is 1.61. The van der Waals surface area contributed by atoms with Crippen molar-refractivity contribution in [1.29, 1.82) is 0 Å². The number of unbranched alkanes of at least 4 members (excludes halogenated alkanes) is 1. The number of Topliss-reactive ketones (excluding diaryl/α,β-unsaturated/α-hetero) is 4. The van der Waals surface area contributed by atoms with Gasteiger partial charge in [-0.3, -0.25) is 33.6 Å². The average Bonchev–Trinajstić information content (AvgIpc) is 3.97. The van der Waals surface area contributed by atoms with Crippen LogP contribution < -0.4 is 27.4 Å². The van der Waals surface area contributed by atoms with Gasteiger partial charge in [0.05, 0.1) is 12.1 Å². The van der Waals surface area contributed by atoms with Crippen LogP contribution >= 0.6 is 11.6 Å². The number of nitrogens with one attached hydrogen (secondary N) is 3. The summed E-state index contributed by atoms with van der Waals surface area (Å²) in [5.41, 5.74) is 13.6. The molecule has 300 valence electrons. The summed E-state index contributed by atoms with van der Waals surface area (Å²) in [6.07, 6.45) is -2.39. The monoisotopic (exact) mass is 783 g/mol. The van der Waals surface area contributed by atoms with Gasteiger partial charge < -0.3 is 37.3 Å². The van der Waals surface area contributed by atoms with E-state index in [-0.39, 0.29) is 50.2 Å². The van der Waals surface area contributed by atoms with Crippen LogP contribution in [0.15, 0.2) is 48.5 Å². The Morgan fingerprint density at radius 1 is 0.745 bits per heavy atom. The van der Waals surface area contributed by atoms with Gasteiger partial charge in [0.25, 0.3) is 5.91 Å². The Labute approximate surface area is 326 Å². The van der Waals surface area contributed by atoms with Gasteiger partial charge in [0.1, 0.15) is 6.04 Å². The molecule has 0 saturated carbocycles. The second-order valence-electron chi connectivity index (χ2n) is 14.2. The minimum atomic E-state index is -1.38. The first-order valence-corrected chi connectivity index (χ1v) is 19.0. The van der Waals surface area contributed by atoms with Gasteiger partial charge in [0.2, 0.25) is 11.8 Å². The summed E-state index contributed by atoms with van der Waals surface area (Å²) in [6, 6.07) is 11.8. The zero-order chi connectivity index (χ0) is 40.8. The molecule has 0 aliphatic carbocycles. The number of ketones is 4. The molecule has 1 fully saturated rings. The Morgan fingerprint density at radius 2 is 1.35 bits per heavy atom. The number of benzene rings is 2. The first-order valence-electron chi connectivity index (χ1n) is 18.7. The van der Waals surface area contributed by atoms with E-state index in [0.29, 0.717) is 30.0 Å². The molecule has 14 nitrogen and oxygen atoms in total. The van der Waals surface area contributed by atoms with Crippen LogP contribution in [0.2, 0.25) is 5.02 Å². The highest BCUT2D eigenvalue weighted by Gasteiger charge is 2.51. The Kier molecular flexibility index (Phi) is 17.8. The van der Waals surface area contributed by atoms with Crippen molar-refractivity contribution in [3.8, 4) is 11.1 Å². The van der Waals surface area contributed by atoms with Gasteiger partial charge in [0.15, 0.2) is 35.3 Å². The second kappa shape index (κ2) is 21.7. The molecular weight excluding hydrogens is 730 g/mol. The molecule has 1 heterocycles. The van der Waals surface area contributed by atoms with Gasteiger partial charge in [-0.1, -0.05) is 61.8 Å². The van der Waals surface area contributed by atoms with Gasteiger partial charge in [-0.25, -0.2) is 0 Å². The quantitative estimate of drug-likeness (QED) is 0.0513. The summed E-state index contributed by atoms with van der Waals surface area (Å²) in [5, 5.41) is 18.8. The molecule has 0 aromatic heterocycles. The number of hydrogen-bond acceptors (Lipinski definition) is 11. The Bertz CT molecular complexity index is 1670. The van der Waals surface area contributed by atoms with Crippen molar-refractivity contribution in [3.63, 3.8) is 0 Å². The van der Waals surface area contributed by atoms with Crippen molar-refractivity contribution in [3.05, 3.63) is 59.1 Å². The SMILES string of the molecule is CNC(=O)C1OC1C(=O)[C@H](C)CC(=O)[C@H](CCCCN)NC(=O)[C@H](C)CC(=O)[C@@H](NC(=O)[C@H](CCN)CC(=O)c1ccc(-c2ccc(Cl)cc2)cc1)[C@@H](C)O. The van der Waals surface area contributed by atoms with E-state index in [1.807, 2.05) is 12.1 Å². The number of amides is 3. The van der Waals surface area contributed by atoms with Crippen molar-refractivity contribution >= 4 is 52.5 Å². The van der Waals surface area contributed by atoms with Crippen LogP contribution in [0.1, 0.15) is 76.1 Å². The molecule has 2 aromatic carbocycles. The fourth-order valence-electron chi connectivity index (χ4n) is 6.24. The van der Waals surface area contributed by atoms with E-state index < -0.39 is 77.4 Å². The summed E-state index contributed by atoms with van der Waals surface area (Å²) in [7, 11) is 1.43. The lowest BCUT2D eigenvalue weighted by Crippen LogP contribution is -2.51. The smallest absolute Gasteiger partial charge is 0.252 e. The second-order valence-corrected chi connectivity index (χ2v) is 14.6. The largest absolute Gasteiger partial charge is 0.391 e. The summed E-state index contributed by atoms with van der Waals surface area (Å²) in [4.78, 5) is 91.3. The number of aliphatic hydroxyl groups is 1. The Morgan fingerprint density at radius 3 is 1.91 bits per heavy atom. The van der Waals surface area contributed by atoms with Gasteiger partial charge in [-0.2, -0.15) is 0 Å². The predicted octanol–water partition coefficient (Wildman–Crippen LogP) is 2.30. The lowest BCUT2D eigenvalue weighted by Gasteiger charge is -2.25. The molecule has 1 aliphatic heterocycles. The minimum Gasteiger partial charge on any atom is -0.391 e. The van der Waals surface area contributed by atoms with E-state index in [1.54, 1.807) is 43.3 Å². The molecular formula is C40H54ClN5O9. The van der Waals surface area contributed by atoms with Crippen LogP contribution in [0, 0.1) is 17.8 Å². The van der Waals surface area contributed by atoms with Crippen molar-refractivity contribution in [2.75, 3.05) is 20.1 Å². The molecule has 0 radical (unpaired) electrons. The fraction of sp³-hybridized carbons (Fsp3) is 0.525. The number of likely N-dealkylation sites (N-methyl/N-ethyl adjacent to an activating group) is 1. The number of aliphatic hydroxyl groups excluding tert-OH is 1. The number of rotatable bonds is 24. The minimum absolute atomic E-state index is 0.0916. The van der Waals surface area contributed by atoms with Gasteiger partial charge in [-0.05, 0) is 69.0 Å². The van der Waals surface area contributed by atoms with E-state index in [4.69, 9.17) is 27.8 Å². The lowest BCUT2D eigenvalue weighted by molar-refractivity contribution is -0.135. The molecule has 0 spiro atoms. The zero-order valence-corrected chi connectivity index (χ0v) is 32.6. The van der Waals surface area contributed by atoms with Gasteiger partial charge in [-0.15, -0.1) is 0 Å². The number of carbonyl (C=O) groups is 7. The van der Waals surface area contributed by atoms with Crippen LogP contribution in [-0.4, -0.2) is 96.5 Å². The fourth-order valence-corrected chi connectivity index (χ4v) is 6.36. The van der Waals surface area contributed by atoms with Gasteiger partial charge in [0, 0.05) is 54.6 Å². The standard InChI is InChI=1S/C40H54ClN5O9/c1-22(35(51)36-37(55-36)40(54)44-4)19-32(49)30(7-5-6-17-42)45-38(52)23(2)20-33(50)34(24(3)47)46-39(53)28(16-18-43)21-31(48)27-10-8-25(9-11-27)26-12-14-29(41)15-13-26/h8-15,22-24,28,30,34,36-37,47H,5-7,16-21,42-43H2,1-4H3,(H,44,54)(H,45,52)(H,46,53)/t22-,23-,24-,28-,30+,34+,36?,37?/m1/s1. The highest BCUT2D eigenvalue weighted by Crippen LogP contribution is 2.28. The number of ether oxygens (including phenoxy) is 1. The maximum atomic E-state index is 13.4. The van der Waals surface area contributed by atoms with Crippen molar-refractivity contribution in [2.45, 2.75) is 96.1 Å². The number of nitrogens with two attached hydrogens (primary N) is 2. The van der Waals surface area contributed by atoms with E-state index in [2.05, 4.69) is 16.0 Å². The molecule has 15 heteroatoms. The van der Waals surface area contributed by atoms with E-state index in [9.17, 15) is 38.7 Å². The van der Waals surface area contributed by atoms with Crippen LogP contribution in [0.4, 0.5) is 0 Å². The van der Waals surface area contributed by atoms with Crippen molar-refractivity contribution < 1.29 is 43.4 Å². The van der Waals surface area contributed by atoms with Crippen molar-refractivity contribution in [1.82, 2.24) is 16.0 Å². The highest BCUT2D eigenvalue weighted by molar-refractivity contribution is 6.30. The molecule has 0 bridgehead atoms. The van der Waals surface area contributed by atoms with Crippen molar-refractivity contribution in [2.24, 2.45) is 29.2 Å². The number of carbonyl (C=O) groups excluding carboxylic acids is 7. The molecule has 8 N–H and O–H groups in total. The van der Waals surface area contributed by atoms with E-state index >= 15 is 0 Å². The number of halogens is 1.